The van der Waals surface area contributed by atoms with Crippen LogP contribution in [0.1, 0.15) is 38.2 Å². The van der Waals surface area contributed by atoms with E-state index >= 15 is 0 Å². The third-order valence-electron chi connectivity index (χ3n) is 4.26. The number of amides is 1. The third-order valence-corrected chi connectivity index (χ3v) is 5.81. The van der Waals surface area contributed by atoms with Gasteiger partial charge in [-0.3, -0.25) is 14.9 Å². The van der Waals surface area contributed by atoms with E-state index in [1.165, 1.54) is 29.0 Å². The molecular weight excluding hydrogens is 458 g/mol. The zero-order chi connectivity index (χ0) is 21.0. The summed E-state index contributed by atoms with van der Waals surface area (Å²) in [6.45, 7) is 4.68. The van der Waals surface area contributed by atoms with Gasteiger partial charge in [-0.05, 0) is 52.0 Å². The molecule has 7 nitrogen and oxygen atoms in total. The number of hydrogen-bond acceptors (Lipinski definition) is 6. The minimum atomic E-state index is -0.452. The fraction of sp³-hybridized carbons (Fsp3) is 0.300. The molecule has 0 radical (unpaired) electrons. The molecule has 9 heteroatoms. The van der Waals surface area contributed by atoms with Gasteiger partial charge in [0.15, 0.2) is 5.13 Å². The number of aromatic nitrogens is 1. The van der Waals surface area contributed by atoms with Gasteiger partial charge in [0.1, 0.15) is 5.75 Å². The lowest BCUT2D eigenvalue weighted by atomic mass is 10.0. The van der Waals surface area contributed by atoms with Crippen molar-refractivity contribution in [1.82, 2.24) is 4.98 Å². The average Bonchev–Trinajstić information content (AvgIpc) is 3.07. The summed E-state index contributed by atoms with van der Waals surface area (Å²) in [6, 6.07) is 10.4. The lowest BCUT2D eigenvalue weighted by Crippen LogP contribution is -2.12. The van der Waals surface area contributed by atoms with E-state index in [4.69, 9.17) is 4.74 Å². The number of fused-ring (bicyclic) bond motifs is 1. The lowest BCUT2D eigenvalue weighted by molar-refractivity contribution is -0.384. The Kier molecular flexibility index (Phi) is 6.81. The Balaban J connectivity index is 1.49. The number of nitro groups is 1. The number of anilines is 1. The first-order chi connectivity index (χ1) is 13.8. The fourth-order valence-electron chi connectivity index (χ4n) is 2.67. The number of thiazole rings is 1. The van der Waals surface area contributed by atoms with Crippen LogP contribution < -0.4 is 10.1 Å². The maximum atomic E-state index is 12.1. The molecule has 152 valence electrons. The molecule has 3 rings (SSSR count). The van der Waals surface area contributed by atoms with Gasteiger partial charge in [0.2, 0.25) is 5.91 Å². The fourth-order valence-corrected chi connectivity index (χ4v) is 4.10. The molecule has 1 N–H and O–H groups in total. The largest absolute Gasteiger partial charge is 0.492 e. The molecule has 3 aromatic rings. The molecule has 0 saturated carbocycles. The molecular formula is C20H20BrN3O4S. The summed E-state index contributed by atoms with van der Waals surface area (Å²) in [5, 5.41) is 14.0. The number of halogens is 1. The zero-order valence-corrected chi connectivity index (χ0v) is 18.4. The maximum absolute atomic E-state index is 12.1. The third kappa shape index (κ3) is 5.51. The molecule has 29 heavy (non-hydrogen) atoms. The van der Waals surface area contributed by atoms with Crippen LogP contribution in [0.25, 0.3) is 10.2 Å². The second kappa shape index (κ2) is 9.32. The van der Waals surface area contributed by atoms with Gasteiger partial charge in [-0.25, -0.2) is 4.98 Å². The predicted octanol–water partition coefficient (Wildman–Crippen LogP) is 5.89. The van der Waals surface area contributed by atoms with Gasteiger partial charge in [0.25, 0.3) is 5.69 Å². The van der Waals surface area contributed by atoms with Crippen molar-refractivity contribution in [1.29, 1.82) is 0 Å². The number of nitro benzene ring substituents is 1. The summed E-state index contributed by atoms with van der Waals surface area (Å²) in [6.07, 6.45) is 0.846. The molecule has 1 aromatic heterocycles. The highest BCUT2D eigenvalue weighted by molar-refractivity contribution is 9.10. The van der Waals surface area contributed by atoms with Crippen LogP contribution in [-0.4, -0.2) is 22.4 Å². The minimum absolute atomic E-state index is 0.00348. The standard InChI is InChI=1S/C20H20BrN3O4S/c1-12(2)13-5-8-17(15(21)10-13)28-9-3-4-19(25)23-20-22-16-7-6-14(24(26)27)11-18(16)29-20/h5-8,10-12H,3-4,9H2,1-2H3,(H,22,23,25). The highest BCUT2D eigenvalue weighted by Crippen LogP contribution is 2.30. The van der Waals surface area contributed by atoms with Crippen molar-refractivity contribution >= 4 is 54.2 Å². The number of benzene rings is 2. The molecule has 0 aliphatic carbocycles. The van der Waals surface area contributed by atoms with E-state index in [1.54, 1.807) is 6.07 Å². The SMILES string of the molecule is CC(C)c1ccc(OCCCC(=O)Nc2nc3ccc([N+](=O)[O-])cc3s2)c(Br)c1. The Hall–Kier alpha value is -2.52. The van der Waals surface area contributed by atoms with Crippen molar-refractivity contribution in [2.75, 3.05) is 11.9 Å². The number of ether oxygens (including phenoxy) is 1. The summed E-state index contributed by atoms with van der Waals surface area (Å²) in [4.78, 5) is 26.8. The number of non-ortho nitro benzene ring substituents is 1. The first kappa shape index (κ1) is 21.2. The van der Waals surface area contributed by atoms with E-state index in [2.05, 4.69) is 40.1 Å². The first-order valence-electron chi connectivity index (χ1n) is 9.10. The van der Waals surface area contributed by atoms with Crippen molar-refractivity contribution < 1.29 is 14.5 Å². The molecule has 0 bridgehead atoms. The molecule has 0 atom stereocenters. The quantitative estimate of drug-likeness (QED) is 0.248. The van der Waals surface area contributed by atoms with Crippen molar-refractivity contribution in [3.63, 3.8) is 0 Å². The van der Waals surface area contributed by atoms with E-state index in [-0.39, 0.29) is 18.0 Å². The van der Waals surface area contributed by atoms with Gasteiger partial charge in [-0.1, -0.05) is 31.3 Å². The second-order valence-electron chi connectivity index (χ2n) is 6.77. The Morgan fingerprint density at radius 2 is 2.10 bits per heavy atom. The molecule has 0 spiro atoms. The Morgan fingerprint density at radius 1 is 1.31 bits per heavy atom. The van der Waals surface area contributed by atoms with Crippen LogP contribution in [0, 0.1) is 10.1 Å². The summed E-state index contributed by atoms with van der Waals surface area (Å²) < 4.78 is 7.31. The highest BCUT2D eigenvalue weighted by atomic mass is 79.9. The Bertz CT molecular complexity index is 1050. The van der Waals surface area contributed by atoms with E-state index in [0.717, 1.165) is 10.2 Å². The maximum Gasteiger partial charge on any atom is 0.270 e. The molecule has 1 heterocycles. The zero-order valence-electron chi connectivity index (χ0n) is 16.0. The highest BCUT2D eigenvalue weighted by Gasteiger charge is 2.12. The Morgan fingerprint density at radius 3 is 2.79 bits per heavy atom. The van der Waals surface area contributed by atoms with E-state index in [1.807, 2.05) is 18.2 Å². The molecule has 0 aliphatic heterocycles. The summed E-state index contributed by atoms with van der Waals surface area (Å²) >= 11 is 4.73. The second-order valence-corrected chi connectivity index (χ2v) is 8.66. The van der Waals surface area contributed by atoms with Gasteiger partial charge < -0.3 is 10.1 Å². The van der Waals surface area contributed by atoms with Gasteiger partial charge >= 0.3 is 0 Å². The van der Waals surface area contributed by atoms with E-state index < -0.39 is 4.92 Å². The van der Waals surface area contributed by atoms with Crippen LogP contribution in [0.15, 0.2) is 40.9 Å². The van der Waals surface area contributed by atoms with Crippen LogP contribution in [0.4, 0.5) is 10.8 Å². The topological polar surface area (TPSA) is 94.4 Å². The Labute approximate surface area is 180 Å². The number of nitrogens with one attached hydrogen (secondary N) is 1. The van der Waals surface area contributed by atoms with E-state index in [9.17, 15) is 14.9 Å². The van der Waals surface area contributed by atoms with E-state index in [0.29, 0.717) is 34.3 Å². The normalized spacial score (nSPS) is 11.0. The molecule has 0 aliphatic rings. The number of carbonyl (C=O) groups excluding carboxylic acids is 1. The molecule has 0 saturated heterocycles. The summed E-state index contributed by atoms with van der Waals surface area (Å²) in [5.41, 5.74) is 1.85. The van der Waals surface area contributed by atoms with Gasteiger partial charge in [0.05, 0.1) is 26.2 Å². The van der Waals surface area contributed by atoms with Crippen LogP contribution in [-0.2, 0) is 4.79 Å². The number of nitrogens with zero attached hydrogens (tertiary/aromatic N) is 2. The number of carbonyl (C=O) groups is 1. The van der Waals surface area contributed by atoms with Crippen molar-refractivity contribution in [2.45, 2.75) is 32.6 Å². The smallest absolute Gasteiger partial charge is 0.270 e. The van der Waals surface area contributed by atoms with Crippen molar-refractivity contribution in [3.8, 4) is 5.75 Å². The lowest BCUT2D eigenvalue weighted by Gasteiger charge is -2.11. The van der Waals surface area contributed by atoms with Crippen LogP contribution >= 0.6 is 27.3 Å². The van der Waals surface area contributed by atoms with Crippen LogP contribution in [0.3, 0.4) is 0 Å². The minimum Gasteiger partial charge on any atom is -0.492 e. The first-order valence-corrected chi connectivity index (χ1v) is 10.7. The van der Waals surface area contributed by atoms with Crippen LogP contribution in [0.2, 0.25) is 0 Å². The predicted molar refractivity (Wildman–Crippen MR) is 118 cm³/mol. The van der Waals surface area contributed by atoms with Crippen molar-refractivity contribution in [3.05, 3.63) is 56.5 Å². The molecule has 1 amide bonds. The molecule has 0 fully saturated rings. The summed E-state index contributed by atoms with van der Waals surface area (Å²) in [5.74, 6) is 1.02. The number of rotatable bonds is 8. The molecule has 0 unspecified atom stereocenters. The van der Waals surface area contributed by atoms with Gasteiger partial charge in [-0.2, -0.15) is 0 Å². The van der Waals surface area contributed by atoms with Gasteiger partial charge in [-0.15, -0.1) is 0 Å². The van der Waals surface area contributed by atoms with Gasteiger partial charge in [0, 0.05) is 18.6 Å². The average molecular weight is 478 g/mol. The summed E-state index contributed by atoms with van der Waals surface area (Å²) in [7, 11) is 0. The van der Waals surface area contributed by atoms with Crippen molar-refractivity contribution in [2.24, 2.45) is 0 Å². The van der Waals surface area contributed by atoms with Crippen LogP contribution in [0.5, 0.6) is 5.75 Å². The monoisotopic (exact) mass is 477 g/mol. The number of hydrogen-bond donors (Lipinski definition) is 1. The molecule has 2 aromatic carbocycles.